The minimum Gasteiger partial charge on any atom is -0.496 e. The van der Waals surface area contributed by atoms with Gasteiger partial charge in [0.2, 0.25) is 0 Å². The van der Waals surface area contributed by atoms with Crippen LogP contribution in [0.15, 0.2) is 18.2 Å². The van der Waals surface area contributed by atoms with Gasteiger partial charge >= 0.3 is 0 Å². The van der Waals surface area contributed by atoms with Gasteiger partial charge in [-0.25, -0.2) is 0 Å². The van der Waals surface area contributed by atoms with Crippen molar-refractivity contribution in [1.82, 2.24) is 0 Å². The molecule has 0 radical (unpaired) electrons. The van der Waals surface area contributed by atoms with E-state index < -0.39 is 0 Å². The number of rotatable bonds is 8. The second kappa shape index (κ2) is 7.90. The van der Waals surface area contributed by atoms with Gasteiger partial charge in [0.1, 0.15) is 11.5 Å². The zero-order valence-electron chi connectivity index (χ0n) is 14.3. The van der Waals surface area contributed by atoms with Crippen molar-refractivity contribution in [3.05, 3.63) is 34.9 Å². The van der Waals surface area contributed by atoms with Crippen LogP contribution in [-0.4, -0.2) is 31.6 Å². The van der Waals surface area contributed by atoms with Crippen LogP contribution >= 0.6 is 0 Å². The van der Waals surface area contributed by atoms with Crippen LogP contribution in [0.2, 0.25) is 0 Å². The van der Waals surface area contributed by atoms with E-state index in [2.05, 4.69) is 6.92 Å². The van der Waals surface area contributed by atoms with Crippen molar-refractivity contribution in [3.8, 4) is 11.5 Å². The van der Waals surface area contributed by atoms with Crippen molar-refractivity contribution in [2.24, 2.45) is 0 Å². The molecule has 0 amide bonds. The molecule has 0 saturated carbocycles. The molecule has 0 aliphatic heterocycles. The van der Waals surface area contributed by atoms with Gasteiger partial charge in [-0.15, -0.1) is 0 Å². The number of unbranched alkanes of at least 4 members (excludes halogenated alkanes) is 3. The normalized spacial score (nSPS) is 13.0. The summed E-state index contributed by atoms with van der Waals surface area (Å²) in [6, 6.07) is 1.50. The summed E-state index contributed by atoms with van der Waals surface area (Å²) < 4.78 is 10.6. The Balaban J connectivity index is 2.46. The smallest absolute Gasteiger partial charge is 0.190 e. The summed E-state index contributed by atoms with van der Waals surface area (Å²) in [7, 11) is 2.81. The van der Waals surface area contributed by atoms with E-state index in [1.807, 2.05) is 0 Å². The molecule has 1 aliphatic rings. The summed E-state index contributed by atoms with van der Waals surface area (Å²) in [5, 5.41) is 0. The third-order valence-corrected chi connectivity index (χ3v) is 4.10. The van der Waals surface area contributed by atoms with E-state index in [1.54, 1.807) is 0 Å². The van der Waals surface area contributed by atoms with Crippen molar-refractivity contribution in [2.45, 2.75) is 39.0 Å². The van der Waals surface area contributed by atoms with E-state index >= 15 is 0 Å². The van der Waals surface area contributed by atoms with Gasteiger partial charge in [-0.1, -0.05) is 26.2 Å². The van der Waals surface area contributed by atoms with Crippen molar-refractivity contribution < 1.29 is 23.9 Å². The van der Waals surface area contributed by atoms with E-state index in [0.29, 0.717) is 12.0 Å². The molecular formula is C19H22O5. The minimum atomic E-state index is -0.361. The van der Waals surface area contributed by atoms with Crippen LogP contribution < -0.4 is 9.47 Å². The van der Waals surface area contributed by atoms with Crippen LogP contribution in [0, 0.1) is 0 Å². The number of hydrogen-bond donors (Lipinski definition) is 0. The molecule has 24 heavy (non-hydrogen) atoms. The molecule has 0 fully saturated rings. The third-order valence-electron chi connectivity index (χ3n) is 4.10. The Morgan fingerprint density at radius 3 is 2.21 bits per heavy atom. The van der Waals surface area contributed by atoms with Gasteiger partial charge < -0.3 is 9.47 Å². The lowest BCUT2D eigenvalue weighted by Crippen LogP contribution is -2.17. The largest absolute Gasteiger partial charge is 0.496 e. The Morgan fingerprint density at radius 2 is 1.62 bits per heavy atom. The Bertz CT molecular complexity index is 700. The van der Waals surface area contributed by atoms with Crippen LogP contribution in [0.25, 0.3) is 0 Å². The molecule has 128 valence electrons. The third kappa shape index (κ3) is 3.40. The Morgan fingerprint density at radius 1 is 0.958 bits per heavy atom. The van der Waals surface area contributed by atoms with Gasteiger partial charge in [0, 0.05) is 6.42 Å². The first-order valence-electron chi connectivity index (χ1n) is 8.14. The predicted molar refractivity (Wildman–Crippen MR) is 90.4 cm³/mol. The average molecular weight is 330 g/mol. The summed E-state index contributed by atoms with van der Waals surface area (Å²) in [5.41, 5.74) is 0.562. The summed E-state index contributed by atoms with van der Waals surface area (Å²) >= 11 is 0. The Kier molecular flexibility index (Phi) is 5.90. The highest BCUT2D eigenvalue weighted by Gasteiger charge is 2.31. The molecule has 1 aliphatic carbocycles. The number of ether oxygens (including phenoxy) is 2. The summed E-state index contributed by atoms with van der Waals surface area (Å²) in [5.74, 6) is -0.416. The SMILES string of the molecule is CCCCCCC(=O)c1cc(OC)c2c(c1OC)C(=O)C=CC2=O. The first kappa shape index (κ1) is 17.9. The molecule has 1 aromatic rings. The van der Waals surface area contributed by atoms with E-state index in [9.17, 15) is 14.4 Å². The zero-order chi connectivity index (χ0) is 17.7. The molecule has 0 heterocycles. The summed E-state index contributed by atoms with van der Waals surface area (Å²) in [4.78, 5) is 37.0. The van der Waals surface area contributed by atoms with E-state index in [-0.39, 0.29) is 40.0 Å². The fourth-order valence-corrected chi connectivity index (χ4v) is 2.87. The molecule has 5 heteroatoms. The van der Waals surface area contributed by atoms with Crippen LogP contribution in [0.1, 0.15) is 70.1 Å². The molecule has 5 nitrogen and oxygen atoms in total. The molecule has 0 spiro atoms. The highest BCUT2D eigenvalue weighted by atomic mass is 16.5. The maximum atomic E-state index is 12.6. The number of hydrogen-bond acceptors (Lipinski definition) is 5. The van der Waals surface area contributed by atoms with Gasteiger partial charge in [-0.2, -0.15) is 0 Å². The fourth-order valence-electron chi connectivity index (χ4n) is 2.87. The summed E-state index contributed by atoms with van der Waals surface area (Å²) in [6.45, 7) is 2.11. The lowest BCUT2D eigenvalue weighted by atomic mass is 9.89. The van der Waals surface area contributed by atoms with Crippen molar-refractivity contribution >= 4 is 17.3 Å². The van der Waals surface area contributed by atoms with Gasteiger partial charge in [0.25, 0.3) is 0 Å². The van der Waals surface area contributed by atoms with Gasteiger partial charge in [0.05, 0.1) is 30.9 Å². The second-order valence-corrected chi connectivity index (χ2v) is 5.71. The number of Topliss-reactive ketones (excluding diaryl/α,β-unsaturated/α-hetero) is 1. The van der Waals surface area contributed by atoms with E-state index in [0.717, 1.165) is 25.7 Å². The number of ketones is 3. The molecule has 0 bridgehead atoms. The predicted octanol–water partition coefficient (Wildman–Crippen LogP) is 3.79. The Labute approximate surface area is 141 Å². The number of carbonyl (C=O) groups is 3. The molecule has 0 N–H and O–H groups in total. The van der Waals surface area contributed by atoms with Crippen LogP contribution in [0.3, 0.4) is 0 Å². The van der Waals surface area contributed by atoms with Crippen molar-refractivity contribution in [3.63, 3.8) is 0 Å². The maximum Gasteiger partial charge on any atom is 0.190 e. The minimum absolute atomic E-state index is 0.112. The molecule has 0 aromatic heterocycles. The van der Waals surface area contributed by atoms with Crippen LogP contribution in [0.5, 0.6) is 11.5 Å². The highest BCUT2D eigenvalue weighted by molar-refractivity contribution is 6.25. The molecule has 0 saturated heterocycles. The first-order chi connectivity index (χ1) is 11.5. The van der Waals surface area contributed by atoms with E-state index in [4.69, 9.17) is 9.47 Å². The fraction of sp³-hybridized carbons (Fsp3) is 0.421. The average Bonchev–Trinajstić information content (AvgIpc) is 2.60. The van der Waals surface area contributed by atoms with Crippen LogP contribution in [0.4, 0.5) is 0 Å². The number of benzene rings is 1. The molecule has 2 rings (SSSR count). The molecular weight excluding hydrogens is 308 g/mol. The molecule has 0 atom stereocenters. The maximum absolute atomic E-state index is 12.6. The highest BCUT2D eigenvalue weighted by Crippen LogP contribution is 2.38. The lowest BCUT2D eigenvalue weighted by molar-refractivity contribution is 0.0969. The number of methoxy groups -OCH3 is 2. The first-order valence-corrected chi connectivity index (χ1v) is 8.14. The van der Waals surface area contributed by atoms with Gasteiger partial charge in [-0.3, -0.25) is 14.4 Å². The molecule has 1 aromatic carbocycles. The number of carbonyl (C=O) groups excluding carboxylic acids is 3. The van der Waals surface area contributed by atoms with Crippen molar-refractivity contribution in [1.29, 1.82) is 0 Å². The van der Waals surface area contributed by atoms with E-state index in [1.165, 1.54) is 32.4 Å². The van der Waals surface area contributed by atoms with Gasteiger partial charge in [-0.05, 0) is 24.6 Å². The monoisotopic (exact) mass is 330 g/mol. The Hall–Kier alpha value is -2.43. The number of allylic oxidation sites excluding steroid dienone is 2. The zero-order valence-corrected chi connectivity index (χ0v) is 14.3. The van der Waals surface area contributed by atoms with Crippen LogP contribution in [-0.2, 0) is 0 Å². The quantitative estimate of drug-likeness (QED) is 0.536. The summed E-state index contributed by atoms with van der Waals surface area (Å²) in [6.07, 6.45) is 6.70. The lowest BCUT2D eigenvalue weighted by Gasteiger charge is -2.19. The number of fused-ring (bicyclic) bond motifs is 1. The topological polar surface area (TPSA) is 69.7 Å². The molecule has 0 unspecified atom stereocenters. The standard InChI is InChI=1S/C19H22O5/c1-4-5-6-7-8-13(20)12-11-16(23-2)17-14(21)9-10-15(22)18(17)19(12)24-3/h9-11H,4-8H2,1-3H3. The van der Waals surface area contributed by atoms with Crippen molar-refractivity contribution in [2.75, 3.05) is 14.2 Å². The van der Waals surface area contributed by atoms with Gasteiger partial charge in [0.15, 0.2) is 17.3 Å². The second-order valence-electron chi connectivity index (χ2n) is 5.71.